The molecule has 0 unspecified atom stereocenters. The van der Waals surface area contributed by atoms with E-state index in [2.05, 4.69) is 5.32 Å². The Morgan fingerprint density at radius 2 is 2.24 bits per heavy atom. The molecule has 1 amide bonds. The molecule has 0 saturated carbocycles. The first kappa shape index (κ1) is 17.3. The van der Waals surface area contributed by atoms with E-state index in [4.69, 9.17) is 10.00 Å². The van der Waals surface area contributed by atoms with Crippen LogP contribution < -0.4 is 10.1 Å². The number of halogens is 1. The van der Waals surface area contributed by atoms with Crippen molar-refractivity contribution >= 4 is 34.6 Å². The van der Waals surface area contributed by atoms with Crippen molar-refractivity contribution in [1.82, 2.24) is 5.32 Å². The summed E-state index contributed by atoms with van der Waals surface area (Å²) in [4.78, 5) is 11.9. The number of carbonyl (C=O) groups is 1. The molecular weight excluding hydrogens is 383 g/mol. The maximum Gasteiger partial charge on any atom is 0.262 e. The number of phenols is 1. The molecule has 1 aromatic rings. The number of aromatic hydroxyl groups is 1. The Hall–Kier alpha value is -1.75. The molecule has 5 nitrogen and oxygen atoms in total. The first-order valence-electron chi connectivity index (χ1n) is 6.47. The second-order valence-electron chi connectivity index (χ2n) is 4.58. The van der Waals surface area contributed by atoms with Crippen molar-refractivity contribution in [3.05, 3.63) is 26.8 Å². The fraction of sp³-hybridized carbons (Fsp3) is 0.333. The highest BCUT2D eigenvalue weighted by Gasteiger charge is 2.12. The van der Waals surface area contributed by atoms with Gasteiger partial charge in [0.1, 0.15) is 11.6 Å². The number of ether oxygens (including phenoxy) is 1. The lowest BCUT2D eigenvalue weighted by Crippen LogP contribution is -2.30. The van der Waals surface area contributed by atoms with Crippen LogP contribution in [-0.4, -0.2) is 23.7 Å². The third kappa shape index (κ3) is 4.93. The highest BCUT2D eigenvalue weighted by atomic mass is 127. The fourth-order valence-corrected chi connectivity index (χ4v) is 2.22. The Bertz CT molecular complexity index is 604. The summed E-state index contributed by atoms with van der Waals surface area (Å²) in [7, 11) is 0. The standard InChI is InChI=1S/C15H17IN2O3/c1-4-21-13-7-10(6-12(16)14(13)19)5-11(8-17)15(20)18-9(2)3/h5-7,9,19H,4H2,1-3H3,(H,18,20)/b11-5-. The van der Waals surface area contributed by atoms with Crippen molar-refractivity contribution in [1.29, 1.82) is 5.26 Å². The van der Waals surface area contributed by atoms with Crippen LogP contribution in [0.1, 0.15) is 26.3 Å². The zero-order valence-electron chi connectivity index (χ0n) is 12.1. The van der Waals surface area contributed by atoms with Crippen molar-refractivity contribution < 1.29 is 14.6 Å². The van der Waals surface area contributed by atoms with E-state index < -0.39 is 5.91 Å². The third-order valence-electron chi connectivity index (χ3n) is 2.45. The predicted octanol–water partition coefficient (Wildman–Crippen LogP) is 2.83. The second kappa shape index (κ2) is 7.88. The molecule has 1 rings (SSSR count). The highest BCUT2D eigenvalue weighted by Crippen LogP contribution is 2.33. The number of nitriles is 1. The second-order valence-corrected chi connectivity index (χ2v) is 5.74. The van der Waals surface area contributed by atoms with Crippen LogP contribution >= 0.6 is 22.6 Å². The molecule has 0 spiro atoms. The smallest absolute Gasteiger partial charge is 0.262 e. The van der Waals surface area contributed by atoms with E-state index in [1.165, 1.54) is 6.08 Å². The minimum atomic E-state index is -0.423. The van der Waals surface area contributed by atoms with Gasteiger partial charge in [-0.3, -0.25) is 4.79 Å². The number of amides is 1. The lowest BCUT2D eigenvalue weighted by atomic mass is 10.1. The number of nitrogens with zero attached hydrogens (tertiary/aromatic N) is 1. The van der Waals surface area contributed by atoms with Crippen LogP contribution in [0.2, 0.25) is 0 Å². The highest BCUT2D eigenvalue weighted by molar-refractivity contribution is 14.1. The van der Waals surface area contributed by atoms with Gasteiger partial charge in [-0.1, -0.05) is 0 Å². The van der Waals surface area contributed by atoms with Crippen molar-refractivity contribution in [3.8, 4) is 17.6 Å². The fourth-order valence-electron chi connectivity index (χ4n) is 1.60. The Morgan fingerprint density at radius 1 is 1.57 bits per heavy atom. The Morgan fingerprint density at radius 3 is 2.76 bits per heavy atom. The van der Waals surface area contributed by atoms with Crippen LogP contribution in [0.15, 0.2) is 17.7 Å². The Labute approximate surface area is 137 Å². The SMILES string of the molecule is CCOc1cc(/C=C(/C#N)C(=O)NC(C)C)cc(I)c1O. The van der Waals surface area contributed by atoms with Crippen molar-refractivity contribution in [2.75, 3.05) is 6.61 Å². The van der Waals surface area contributed by atoms with Gasteiger partial charge in [0.05, 0.1) is 10.2 Å². The summed E-state index contributed by atoms with van der Waals surface area (Å²) in [6, 6.07) is 5.11. The quantitative estimate of drug-likeness (QED) is 0.453. The van der Waals surface area contributed by atoms with Crippen LogP contribution in [0, 0.1) is 14.9 Å². The number of hydrogen-bond donors (Lipinski definition) is 2. The van der Waals surface area contributed by atoms with E-state index >= 15 is 0 Å². The number of carbonyl (C=O) groups excluding carboxylic acids is 1. The van der Waals surface area contributed by atoms with Crippen LogP contribution in [-0.2, 0) is 4.79 Å². The maximum absolute atomic E-state index is 11.9. The van der Waals surface area contributed by atoms with Crippen molar-refractivity contribution in [3.63, 3.8) is 0 Å². The summed E-state index contributed by atoms with van der Waals surface area (Å²) >= 11 is 1.97. The first-order chi connectivity index (χ1) is 9.88. The average molecular weight is 400 g/mol. The average Bonchev–Trinajstić information content (AvgIpc) is 2.40. The zero-order valence-corrected chi connectivity index (χ0v) is 14.3. The summed E-state index contributed by atoms with van der Waals surface area (Å²) < 4.78 is 5.92. The lowest BCUT2D eigenvalue weighted by molar-refractivity contribution is -0.117. The van der Waals surface area contributed by atoms with Crippen LogP contribution in [0.5, 0.6) is 11.5 Å². The van der Waals surface area contributed by atoms with Crippen molar-refractivity contribution in [2.45, 2.75) is 26.8 Å². The van der Waals surface area contributed by atoms with E-state index in [9.17, 15) is 9.90 Å². The molecule has 0 aliphatic rings. The van der Waals surface area contributed by atoms with Gasteiger partial charge in [-0.25, -0.2) is 0 Å². The molecule has 0 atom stereocenters. The molecule has 112 valence electrons. The third-order valence-corrected chi connectivity index (χ3v) is 3.27. The molecular formula is C15H17IN2O3. The number of phenolic OH excluding ortho intramolecular Hbond substituents is 1. The summed E-state index contributed by atoms with van der Waals surface area (Å²) in [6.45, 7) is 5.87. The number of rotatable bonds is 5. The van der Waals surface area contributed by atoms with Gasteiger partial charge < -0.3 is 15.2 Å². The molecule has 0 fully saturated rings. The molecule has 0 aliphatic heterocycles. The van der Waals surface area contributed by atoms with Crippen LogP contribution in [0.25, 0.3) is 6.08 Å². The number of hydrogen-bond acceptors (Lipinski definition) is 4. The number of nitrogens with one attached hydrogen (secondary N) is 1. The Kier molecular flexibility index (Phi) is 6.49. The normalized spacial score (nSPS) is 11.1. The predicted molar refractivity (Wildman–Crippen MR) is 88.9 cm³/mol. The van der Waals surface area contributed by atoms with Gasteiger partial charge in [0, 0.05) is 6.04 Å². The first-order valence-corrected chi connectivity index (χ1v) is 7.54. The minimum Gasteiger partial charge on any atom is -0.504 e. The lowest BCUT2D eigenvalue weighted by Gasteiger charge is -2.10. The van der Waals surface area contributed by atoms with Gasteiger partial charge in [-0.05, 0) is 67.1 Å². The summed E-state index contributed by atoms with van der Waals surface area (Å²) in [5, 5.41) is 21.6. The molecule has 21 heavy (non-hydrogen) atoms. The van der Waals surface area contributed by atoms with Gasteiger partial charge in [-0.2, -0.15) is 5.26 Å². The molecule has 6 heteroatoms. The van der Waals surface area contributed by atoms with E-state index in [0.29, 0.717) is 21.5 Å². The number of benzene rings is 1. The monoisotopic (exact) mass is 400 g/mol. The molecule has 1 aromatic carbocycles. The topological polar surface area (TPSA) is 82.3 Å². The maximum atomic E-state index is 11.9. The van der Waals surface area contributed by atoms with Crippen LogP contribution in [0.4, 0.5) is 0 Å². The van der Waals surface area contributed by atoms with Gasteiger partial charge in [0.25, 0.3) is 5.91 Å². The van der Waals surface area contributed by atoms with Gasteiger partial charge in [0.2, 0.25) is 0 Å². The molecule has 0 radical (unpaired) electrons. The van der Waals surface area contributed by atoms with E-state index in [1.807, 2.05) is 49.4 Å². The zero-order chi connectivity index (χ0) is 16.0. The van der Waals surface area contributed by atoms with E-state index in [-0.39, 0.29) is 17.4 Å². The summed E-state index contributed by atoms with van der Waals surface area (Å²) in [6.07, 6.45) is 1.47. The van der Waals surface area contributed by atoms with E-state index in [0.717, 1.165) is 0 Å². The Balaban J connectivity index is 3.17. The van der Waals surface area contributed by atoms with E-state index in [1.54, 1.807) is 12.1 Å². The van der Waals surface area contributed by atoms with Crippen LogP contribution in [0.3, 0.4) is 0 Å². The van der Waals surface area contributed by atoms with Gasteiger partial charge >= 0.3 is 0 Å². The van der Waals surface area contributed by atoms with Crippen molar-refractivity contribution in [2.24, 2.45) is 0 Å². The van der Waals surface area contributed by atoms with Gasteiger partial charge in [-0.15, -0.1) is 0 Å². The summed E-state index contributed by atoms with van der Waals surface area (Å²) in [5.74, 6) is -0.0366. The van der Waals surface area contributed by atoms with Gasteiger partial charge in [0.15, 0.2) is 11.5 Å². The molecule has 0 heterocycles. The molecule has 0 saturated heterocycles. The molecule has 0 aromatic heterocycles. The minimum absolute atomic E-state index is 0.00707. The molecule has 0 bridgehead atoms. The largest absolute Gasteiger partial charge is 0.504 e. The summed E-state index contributed by atoms with van der Waals surface area (Å²) in [5.41, 5.74) is 0.628. The molecule has 0 aliphatic carbocycles. The molecule has 2 N–H and O–H groups in total.